The molecule has 23 heavy (non-hydrogen) atoms. The van der Waals surface area contributed by atoms with E-state index < -0.39 is 14.4 Å². The van der Waals surface area contributed by atoms with Crippen molar-refractivity contribution in [3.63, 3.8) is 0 Å². The molecule has 0 atom stereocenters. The Kier molecular flexibility index (Phi) is 6.35. The van der Waals surface area contributed by atoms with Gasteiger partial charge in [-0.1, -0.05) is 30.3 Å². The summed E-state index contributed by atoms with van der Waals surface area (Å²) in [7, 11) is 1.91. The van der Waals surface area contributed by atoms with Gasteiger partial charge in [0.15, 0.2) is 0 Å². The van der Waals surface area contributed by atoms with E-state index in [2.05, 4.69) is 0 Å². The zero-order valence-electron chi connectivity index (χ0n) is 14.2. The molecular formula is C17H26O5Si. The van der Waals surface area contributed by atoms with E-state index in [-0.39, 0.29) is 12.4 Å². The Morgan fingerprint density at radius 3 is 2.13 bits per heavy atom. The third-order valence-corrected chi connectivity index (χ3v) is 7.32. The van der Waals surface area contributed by atoms with Crippen molar-refractivity contribution >= 4 is 14.8 Å². The first kappa shape index (κ1) is 18.1. The number of rotatable bonds is 8. The molecule has 0 spiro atoms. The summed E-state index contributed by atoms with van der Waals surface area (Å²) in [5.41, 5.74) is 0.607. The van der Waals surface area contributed by atoms with E-state index in [1.54, 1.807) is 21.3 Å². The van der Waals surface area contributed by atoms with Gasteiger partial charge in [-0.3, -0.25) is 4.79 Å². The average Bonchev–Trinajstić information content (AvgIpc) is 3.07. The van der Waals surface area contributed by atoms with Crippen molar-refractivity contribution in [2.75, 3.05) is 21.3 Å². The third kappa shape index (κ3) is 4.20. The van der Waals surface area contributed by atoms with E-state index in [1.807, 2.05) is 30.3 Å². The molecule has 0 aliphatic heterocycles. The maximum Gasteiger partial charge on any atom is 0.500 e. The fraction of sp³-hybridized carbons (Fsp3) is 0.588. The van der Waals surface area contributed by atoms with Crippen molar-refractivity contribution in [1.82, 2.24) is 0 Å². The molecule has 1 aromatic rings. The summed E-state index contributed by atoms with van der Waals surface area (Å²) < 4.78 is 22.0. The van der Waals surface area contributed by atoms with E-state index in [9.17, 15) is 4.79 Å². The highest BCUT2D eigenvalue weighted by atomic mass is 28.4. The Hall–Kier alpha value is -1.21. The molecule has 1 aliphatic carbocycles. The van der Waals surface area contributed by atoms with Gasteiger partial charge in [-0.05, 0) is 31.2 Å². The van der Waals surface area contributed by atoms with Crippen molar-refractivity contribution in [1.29, 1.82) is 0 Å². The second kappa shape index (κ2) is 8.05. The number of carbonyl (C=O) groups is 1. The zero-order chi connectivity index (χ0) is 16.8. The number of benzene rings is 1. The highest BCUT2D eigenvalue weighted by Gasteiger charge is 2.42. The van der Waals surface area contributed by atoms with Gasteiger partial charge in [-0.2, -0.15) is 0 Å². The fourth-order valence-electron chi connectivity index (χ4n) is 3.22. The first-order chi connectivity index (χ1) is 11.1. The SMILES string of the molecule is CO[Si](CCC(=O)OC1(c2ccccc2)CCCC1)(OC)OC. The molecule has 0 aromatic heterocycles. The van der Waals surface area contributed by atoms with Gasteiger partial charge in [0.2, 0.25) is 0 Å². The van der Waals surface area contributed by atoms with E-state index >= 15 is 0 Å². The number of ether oxygens (including phenoxy) is 1. The maximum atomic E-state index is 12.4. The topological polar surface area (TPSA) is 54.0 Å². The Bertz CT molecular complexity index is 487. The van der Waals surface area contributed by atoms with E-state index in [4.69, 9.17) is 18.0 Å². The van der Waals surface area contributed by atoms with Crippen molar-refractivity contribution in [3.05, 3.63) is 35.9 Å². The smallest absolute Gasteiger partial charge is 0.454 e. The molecule has 6 heteroatoms. The van der Waals surface area contributed by atoms with Crippen LogP contribution in [0.1, 0.15) is 37.7 Å². The molecule has 1 saturated carbocycles. The lowest BCUT2D eigenvalue weighted by molar-refractivity contribution is -0.160. The fourth-order valence-corrected chi connectivity index (χ4v) is 4.84. The number of hydrogen-bond acceptors (Lipinski definition) is 5. The number of carbonyl (C=O) groups excluding carboxylic acids is 1. The van der Waals surface area contributed by atoms with Crippen LogP contribution in [0.4, 0.5) is 0 Å². The van der Waals surface area contributed by atoms with Crippen LogP contribution in [0.3, 0.4) is 0 Å². The monoisotopic (exact) mass is 338 g/mol. The minimum absolute atomic E-state index is 0.223. The Morgan fingerprint density at radius 1 is 1.04 bits per heavy atom. The molecule has 0 amide bonds. The van der Waals surface area contributed by atoms with Crippen LogP contribution in [-0.2, 0) is 28.4 Å². The van der Waals surface area contributed by atoms with Crippen LogP contribution < -0.4 is 0 Å². The second-order valence-electron chi connectivity index (χ2n) is 5.84. The van der Waals surface area contributed by atoms with E-state index in [0.717, 1.165) is 31.2 Å². The minimum Gasteiger partial charge on any atom is -0.454 e. The lowest BCUT2D eigenvalue weighted by atomic mass is 9.92. The number of esters is 1. The highest BCUT2D eigenvalue weighted by Crippen LogP contribution is 2.42. The van der Waals surface area contributed by atoms with Crippen molar-refractivity contribution in [3.8, 4) is 0 Å². The first-order valence-electron chi connectivity index (χ1n) is 8.02. The maximum absolute atomic E-state index is 12.4. The van der Waals surface area contributed by atoms with Crippen molar-refractivity contribution in [2.24, 2.45) is 0 Å². The molecule has 0 N–H and O–H groups in total. The lowest BCUT2D eigenvalue weighted by Gasteiger charge is -2.30. The van der Waals surface area contributed by atoms with Gasteiger partial charge in [0, 0.05) is 33.8 Å². The summed E-state index contributed by atoms with van der Waals surface area (Å²) in [6.45, 7) is 0. The summed E-state index contributed by atoms with van der Waals surface area (Å²) in [5, 5.41) is 0. The standard InChI is InChI=1S/C17H26O5Si/c1-19-23(20-2,21-3)14-11-16(18)22-17(12-7-8-13-17)15-9-5-4-6-10-15/h4-6,9-10H,7-8,11-14H2,1-3H3. The van der Waals surface area contributed by atoms with Crippen molar-refractivity contribution in [2.45, 2.75) is 43.7 Å². The second-order valence-corrected chi connectivity index (χ2v) is 8.93. The molecule has 2 rings (SSSR count). The predicted octanol–water partition coefficient (Wildman–Crippen LogP) is 3.27. The normalized spacial score (nSPS) is 17.2. The van der Waals surface area contributed by atoms with Gasteiger partial charge in [0.25, 0.3) is 0 Å². The Morgan fingerprint density at radius 2 is 1.61 bits per heavy atom. The summed E-state index contributed by atoms with van der Waals surface area (Å²) >= 11 is 0. The molecule has 1 fully saturated rings. The van der Waals surface area contributed by atoms with Gasteiger partial charge in [-0.15, -0.1) is 0 Å². The van der Waals surface area contributed by atoms with Gasteiger partial charge in [-0.25, -0.2) is 0 Å². The zero-order valence-corrected chi connectivity index (χ0v) is 15.2. The summed E-state index contributed by atoms with van der Waals surface area (Å²) in [5.74, 6) is -0.223. The molecule has 0 radical (unpaired) electrons. The molecular weight excluding hydrogens is 312 g/mol. The molecule has 5 nitrogen and oxygen atoms in total. The van der Waals surface area contributed by atoms with Crippen LogP contribution in [0.5, 0.6) is 0 Å². The van der Waals surface area contributed by atoms with E-state index in [1.165, 1.54) is 0 Å². The van der Waals surface area contributed by atoms with Gasteiger partial charge in [0.05, 0.1) is 0 Å². The van der Waals surface area contributed by atoms with Crippen molar-refractivity contribution < 1.29 is 22.8 Å². The molecule has 1 aliphatic rings. The summed E-state index contributed by atoms with van der Waals surface area (Å²) in [6, 6.07) is 10.4. The minimum atomic E-state index is -2.74. The van der Waals surface area contributed by atoms with Crippen LogP contribution in [0, 0.1) is 0 Å². The van der Waals surface area contributed by atoms with Gasteiger partial charge in [0.1, 0.15) is 5.60 Å². The molecule has 0 unspecified atom stereocenters. The molecule has 0 bridgehead atoms. The third-order valence-electron chi connectivity index (χ3n) is 4.59. The van der Waals surface area contributed by atoms with Gasteiger partial charge >= 0.3 is 14.8 Å². The van der Waals surface area contributed by atoms with Gasteiger partial charge < -0.3 is 18.0 Å². The van der Waals surface area contributed by atoms with Crippen LogP contribution >= 0.6 is 0 Å². The molecule has 1 aromatic carbocycles. The first-order valence-corrected chi connectivity index (χ1v) is 9.96. The Balaban J connectivity index is 2.02. The lowest BCUT2D eigenvalue weighted by Crippen LogP contribution is -2.43. The van der Waals surface area contributed by atoms with Crippen LogP contribution in [0.2, 0.25) is 6.04 Å². The molecule has 0 saturated heterocycles. The summed E-state index contributed by atoms with van der Waals surface area (Å²) in [4.78, 5) is 12.4. The van der Waals surface area contributed by atoms with Crippen LogP contribution in [0.25, 0.3) is 0 Å². The van der Waals surface area contributed by atoms with E-state index in [0.29, 0.717) is 6.04 Å². The molecule has 128 valence electrons. The number of hydrogen-bond donors (Lipinski definition) is 0. The quantitative estimate of drug-likeness (QED) is 0.538. The largest absolute Gasteiger partial charge is 0.500 e. The predicted molar refractivity (Wildman–Crippen MR) is 88.9 cm³/mol. The Labute approximate surface area is 139 Å². The van der Waals surface area contributed by atoms with Crippen LogP contribution in [0.15, 0.2) is 30.3 Å². The molecule has 0 heterocycles. The summed E-state index contributed by atoms with van der Waals surface area (Å²) in [6.07, 6.45) is 4.15. The highest BCUT2D eigenvalue weighted by molar-refractivity contribution is 6.60. The average molecular weight is 338 g/mol. The van der Waals surface area contributed by atoms with Crippen LogP contribution in [-0.4, -0.2) is 36.1 Å².